The molecule has 2 N–H and O–H groups in total. The van der Waals surface area contributed by atoms with Crippen LogP contribution in [0.1, 0.15) is 12.5 Å². The normalized spacial score (nSPS) is 11.7. The molecule has 26 heavy (non-hydrogen) atoms. The fourth-order valence-electron chi connectivity index (χ4n) is 3.15. The number of benzene rings is 2. The lowest BCUT2D eigenvalue weighted by atomic mass is 10.0. The first-order chi connectivity index (χ1) is 12.8. The van der Waals surface area contributed by atoms with E-state index >= 15 is 0 Å². The number of nitrogens with one attached hydrogen (secondary N) is 2. The summed E-state index contributed by atoms with van der Waals surface area (Å²) in [5, 5.41) is 8.85. The monoisotopic (exact) mass is 340 g/mol. The van der Waals surface area contributed by atoms with Gasteiger partial charge >= 0.3 is 0 Å². The predicted octanol–water partition coefficient (Wildman–Crippen LogP) is 5.38. The number of nitrogens with zero attached hydrogens (tertiary/aromatic N) is 2. The molecule has 0 fully saturated rings. The molecule has 0 amide bonds. The van der Waals surface area contributed by atoms with E-state index in [2.05, 4.69) is 46.3 Å². The van der Waals surface area contributed by atoms with Gasteiger partial charge in [0.05, 0.1) is 5.69 Å². The van der Waals surface area contributed by atoms with Crippen LogP contribution in [0.4, 0.5) is 5.69 Å². The summed E-state index contributed by atoms with van der Waals surface area (Å²) in [5.74, 6) is 0. The standard InChI is InChI=1S/C22H20N4/c1-3-19(21-15-23-22-8-5-4-7-20(21)22)16(2)25-17-9-11-18(12-10-17)26-14-6-13-24-26/h3-15,23,25H,2H2,1H3/b19-3+. The van der Waals surface area contributed by atoms with Gasteiger partial charge in [-0.1, -0.05) is 30.9 Å². The highest BCUT2D eigenvalue weighted by molar-refractivity contribution is 5.97. The van der Waals surface area contributed by atoms with Crippen LogP contribution in [0.5, 0.6) is 0 Å². The van der Waals surface area contributed by atoms with Crippen molar-refractivity contribution in [3.63, 3.8) is 0 Å². The van der Waals surface area contributed by atoms with E-state index in [1.54, 1.807) is 6.20 Å². The van der Waals surface area contributed by atoms with E-state index in [0.717, 1.165) is 33.7 Å². The smallest absolute Gasteiger partial charge is 0.0647 e. The Balaban J connectivity index is 1.57. The molecule has 4 aromatic rings. The first kappa shape index (κ1) is 16.0. The summed E-state index contributed by atoms with van der Waals surface area (Å²) in [4.78, 5) is 3.33. The van der Waals surface area contributed by atoms with Crippen LogP contribution in [0.2, 0.25) is 0 Å². The number of rotatable bonds is 5. The van der Waals surface area contributed by atoms with E-state index in [1.165, 1.54) is 5.39 Å². The van der Waals surface area contributed by atoms with Gasteiger partial charge in [0.15, 0.2) is 0 Å². The van der Waals surface area contributed by atoms with Crippen LogP contribution in [-0.4, -0.2) is 14.8 Å². The van der Waals surface area contributed by atoms with E-state index in [0.29, 0.717) is 0 Å². The first-order valence-corrected chi connectivity index (χ1v) is 8.55. The van der Waals surface area contributed by atoms with Gasteiger partial charge in [0.1, 0.15) is 0 Å². The second kappa shape index (κ2) is 6.76. The lowest BCUT2D eigenvalue weighted by Gasteiger charge is -2.13. The van der Waals surface area contributed by atoms with Gasteiger partial charge < -0.3 is 10.3 Å². The van der Waals surface area contributed by atoms with Crippen molar-refractivity contribution >= 4 is 22.2 Å². The number of para-hydroxylation sites is 1. The van der Waals surface area contributed by atoms with Crippen LogP contribution in [0.15, 0.2) is 91.5 Å². The van der Waals surface area contributed by atoms with Crippen molar-refractivity contribution in [1.82, 2.24) is 14.8 Å². The van der Waals surface area contributed by atoms with Crippen LogP contribution in [0, 0.1) is 0 Å². The Kier molecular flexibility index (Phi) is 4.15. The Morgan fingerprint density at radius 3 is 2.65 bits per heavy atom. The molecule has 128 valence electrons. The number of fused-ring (bicyclic) bond motifs is 1. The number of hydrogen-bond donors (Lipinski definition) is 2. The van der Waals surface area contributed by atoms with Crippen LogP contribution in [0.3, 0.4) is 0 Å². The molecule has 0 aliphatic heterocycles. The van der Waals surface area contributed by atoms with Crippen LogP contribution in [0.25, 0.3) is 22.2 Å². The van der Waals surface area contributed by atoms with Crippen molar-refractivity contribution in [2.75, 3.05) is 5.32 Å². The fourth-order valence-corrected chi connectivity index (χ4v) is 3.15. The molecule has 0 spiro atoms. The summed E-state index contributed by atoms with van der Waals surface area (Å²) in [7, 11) is 0. The minimum atomic E-state index is 0.865. The minimum Gasteiger partial charge on any atom is -0.361 e. The molecule has 0 aliphatic carbocycles. The number of aromatic nitrogens is 3. The SMILES string of the molecule is C=C(Nc1ccc(-n2cccn2)cc1)/C(=C\C)c1c[nH]c2ccccc12. The largest absolute Gasteiger partial charge is 0.361 e. The molecule has 0 saturated heterocycles. The molecule has 4 heteroatoms. The number of anilines is 1. The zero-order valence-corrected chi connectivity index (χ0v) is 14.6. The van der Waals surface area contributed by atoms with E-state index in [1.807, 2.05) is 60.4 Å². The lowest BCUT2D eigenvalue weighted by Crippen LogP contribution is -2.01. The first-order valence-electron chi connectivity index (χ1n) is 8.55. The lowest BCUT2D eigenvalue weighted by molar-refractivity contribution is 0.881. The Labute approximate surface area is 152 Å². The Morgan fingerprint density at radius 2 is 1.92 bits per heavy atom. The van der Waals surface area contributed by atoms with Crippen LogP contribution in [-0.2, 0) is 0 Å². The summed E-state index contributed by atoms with van der Waals surface area (Å²) < 4.78 is 1.84. The third-order valence-corrected chi connectivity index (χ3v) is 4.42. The van der Waals surface area contributed by atoms with E-state index in [-0.39, 0.29) is 0 Å². The fraction of sp³-hybridized carbons (Fsp3) is 0.0455. The van der Waals surface area contributed by atoms with Gasteiger partial charge in [-0.2, -0.15) is 5.10 Å². The summed E-state index contributed by atoms with van der Waals surface area (Å²) in [6.07, 6.45) is 7.82. The molecule has 4 rings (SSSR count). The van der Waals surface area contributed by atoms with Crippen molar-refractivity contribution in [1.29, 1.82) is 0 Å². The van der Waals surface area contributed by atoms with Crippen molar-refractivity contribution in [3.8, 4) is 5.69 Å². The molecule has 2 aromatic heterocycles. The summed E-state index contributed by atoms with van der Waals surface area (Å²) in [5.41, 5.74) is 6.23. The van der Waals surface area contributed by atoms with Gasteiger partial charge in [0.25, 0.3) is 0 Å². The highest BCUT2D eigenvalue weighted by Gasteiger charge is 2.11. The number of hydrogen-bond acceptors (Lipinski definition) is 2. The van der Waals surface area contributed by atoms with E-state index in [4.69, 9.17) is 0 Å². The topological polar surface area (TPSA) is 45.6 Å². The Morgan fingerprint density at radius 1 is 1.12 bits per heavy atom. The maximum absolute atomic E-state index is 4.25. The number of allylic oxidation sites excluding steroid dienone is 2. The molecule has 4 nitrogen and oxygen atoms in total. The molecular weight excluding hydrogens is 320 g/mol. The van der Waals surface area contributed by atoms with Crippen LogP contribution >= 0.6 is 0 Å². The number of H-pyrrole nitrogens is 1. The van der Waals surface area contributed by atoms with Crippen LogP contribution < -0.4 is 5.32 Å². The highest BCUT2D eigenvalue weighted by atomic mass is 15.3. The van der Waals surface area contributed by atoms with Crippen molar-refractivity contribution in [2.24, 2.45) is 0 Å². The zero-order valence-electron chi connectivity index (χ0n) is 14.6. The van der Waals surface area contributed by atoms with Crippen molar-refractivity contribution in [3.05, 3.63) is 97.1 Å². The highest BCUT2D eigenvalue weighted by Crippen LogP contribution is 2.30. The van der Waals surface area contributed by atoms with Gasteiger partial charge in [-0.05, 0) is 43.3 Å². The second-order valence-electron chi connectivity index (χ2n) is 6.05. The molecule has 0 saturated carbocycles. The van der Waals surface area contributed by atoms with Gasteiger partial charge in [-0.25, -0.2) is 4.68 Å². The summed E-state index contributed by atoms with van der Waals surface area (Å²) in [6.45, 7) is 6.28. The summed E-state index contributed by atoms with van der Waals surface area (Å²) >= 11 is 0. The molecule has 0 radical (unpaired) electrons. The molecule has 0 atom stereocenters. The zero-order chi connectivity index (χ0) is 17.9. The maximum atomic E-state index is 4.25. The third kappa shape index (κ3) is 2.93. The molecule has 0 unspecified atom stereocenters. The van der Waals surface area contributed by atoms with Crippen molar-refractivity contribution in [2.45, 2.75) is 6.92 Å². The predicted molar refractivity (Wildman–Crippen MR) is 108 cm³/mol. The molecule has 2 heterocycles. The van der Waals surface area contributed by atoms with Gasteiger partial charge in [-0.3, -0.25) is 0 Å². The minimum absolute atomic E-state index is 0.865. The Bertz CT molecular complexity index is 1070. The average Bonchev–Trinajstić information content (AvgIpc) is 3.34. The molecular formula is C22H20N4. The average molecular weight is 340 g/mol. The molecule has 0 bridgehead atoms. The third-order valence-electron chi connectivity index (χ3n) is 4.42. The van der Waals surface area contributed by atoms with Gasteiger partial charge in [0.2, 0.25) is 0 Å². The Hall–Kier alpha value is -3.53. The molecule has 2 aromatic carbocycles. The van der Waals surface area contributed by atoms with Gasteiger partial charge in [0, 0.05) is 52.0 Å². The molecule has 0 aliphatic rings. The second-order valence-corrected chi connectivity index (χ2v) is 6.05. The quantitative estimate of drug-likeness (QED) is 0.479. The summed E-state index contributed by atoms with van der Waals surface area (Å²) in [6, 6.07) is 18.3. The van der Waals surface area contributed by atoms with Gasteiger partial charge in [-0.15, -0.1) is 0 Å². The van der Waals surface area contributed by atoms with Crippen molar-refractivity contribution < 1.29 is 0 Å². The number of aromatic amines is 1. The van der Waals surface area contributed by atoms with E-state index in [9.17, 15) is 0 Å². The maximum Gasteiger partial charge on any atom is 0.0647 e. The van der Waals surface area contributed by atoms with E-state index < -0.39 is 0 Å².